The summed E-state index contributed by atoms with van der Waals surface area (Å²) in [6, 6.07) is 30.0. The number of benzene rings is 3. The number of hydrogen-bond donors (Lipinski definition) is 0. The normalized spacial score (nSPS) is 28.9. The van der Waals surface area contributed by atoms with Crippen molar-refractivity contribution in [2.75, 3.05) is 13.7 Å². The Morgan fingerprint density at radius 3 is 1.85 bits per heavy atom. The predicted octanol–water partition coefficient (Wildman–Crippen LogP) is 4.64. The molecule has 0 saturated carbocycles. The van der Waals surface area contributed by atoms with Crippen LogP contribution < -0.4 is 0 Å². The summed E-state index contributed by atoms with van der Waals surface area (Å²) < 4.78 is 37.2. The van der Waals surface area contributed by atoms with Gasteiger partial charge in [0.05, 0.1) is 19.8 Å². The fraction of sp³-hybridized carbons (Fsp3) is 0.357. The number of fused-ring (bicyclic) bond motifs is 1. The molecule has 0 aliphatic carbocycles. The molecule has 6 heteroatoms. The van der Waals surface area contributed by atoms with E-state index in [0.29, 0.717) is 19.8 Å². The Kier molecular flexibility index (Phi) is 7.65. The number of ether oxygens (including phenoxy) is 6. The summed E-state index contributed by atoms with van der Waals surface area (Å²) >= 11 is 0. The van der Waals surface area contributed by atoms with E-state index in [1.165, 1.54) is 0 Å². The molecule has 5 rings (SSSR count). The monoisotopic (exact) mass is 462 g/mol. The maximum Gasteiger partial charge on any atom is 0.186 e. The van der Waals surface area contributed by atoms with Crippen molar-refractivity contribution in [2.24, 2.45) is 0 Å². The largest absolute Gasteiger partial charge is 0.368 e. The van der Waals surface area contributed by atoms with Crippen LogP contribution in [-0.2, 0) is 41.6 Å². The zero-order valence-electron chi connectivity index (χ0n) is 19.2. The molecule has 0 aromatic heterocycles. The Labute approximate surface area is 200 Å². The summed E-state index contributed by atoms with van der Waals surface area (Å²) in [5.74, 6) is 0. The average Bonchev–Trinajstić information content (AvgIpc) is 2.91. The Morgan fingerprint density at radius 1 is 0.706 bits per heavy atom. The van der Waals surface area contributed by atoms with E-state index in [-0.39, 0.29) is 12.2 Å². The minimum absolute atomic E-state index is 0.331. The summed E-state index contributed by atoms with van der Waals surface area (Å²) in [5, 5.41) is 0. The van der Waals surface area contributed by atoms with Crippen molar-refractivity contribution in [3.63, 3.8) is 0 Å². The molecule has 2 heterocycles. The Bertz CT molecular complexity index is 993. The predicted molar refractivity (Wildman–Crippen MR) is 126 cm³/mol. The van der Waals surface area contributed by atoms with Crippen molar-refractivity contribution in [1.82, 2.24) is 0 Å². The highest BCUT2D eigenvalue weighted by atomic mass is 16.8. The molecule has 2 fully saturated rings. The van der Waals surface area contributed by atoms with Gasteiger partial charge in [0.15, 0.2) is 12.6 Å². The summed E-state index contributed by atoms with van der Waals surface area (Å²) in [5.41, 5.74) is 3.10. The number of methoxy groups -OCH3 is 1. The third-order valence-corrected chi connectivity index (χ3v) is 6.16. The van der Waals surface area contributed by atoms with Crippen LogP contribution in [0.25, 0.3) is 0 Å². The highest BCUT2D eigenvalue weighted by Crippen LogP contribution is 2.37. The lowest BCUT2D eigenvalue weighted by atomic mass is 9.97. The first kappa shape index (κ1) is 23.2. The second kappa shape index (κ2) is 11.2. The molecule has 2 aliphatic rings. The molecule has 0 N–H and O–H groups in total. The first-order valence-electron chi connectivity index (χ1n) is 11.6. The molecule has 6 atom stereocenters. The highest BCUT2D eigenvalue weighted by molar-refractivity contribution is 5.17. The quantitative estimate of drug-likeness (QED) is 0.486. The fourth-order valence-corrected chi connectivity index (χ4v) is 4.42. The molecule has 0 amide bonds. The van der Waals surface area contributed by atoms with E-state index >= 15 is 0 Å². The highest BCUT2D eigenvalue weighted by Gasteiger charge is 2.51. The number of rotatable bonds is 8. The second-order valence-electron chi connectivity index (χ2n) is 8.48. The minimum Gasteiger partial charge on any atom is -0.368 e. The molecule has 0 spiro atoms. The molecule has 3 aromatic rings. The van der Waals surface area contributed by atoms with Gasteiger partial charge < -0.3 is 28.4 Å². The Hall–Kier alpha value is -2.58. The third kappa shape index (κ3) is 5.39. The maximum atomic E-state index is 6.49. The van der Waals surface area contributed by atoms with Crippen LogP contribution in [0.15, 0.2) is 91.0 Å². The van der Waals surface area contributed by atoms with Crippen LogP contribution in [0.1, 0.15) is 23.0 Å². The van der Waals surface area contributed by atoms with Crippen LogP contribution in [0, 0.1) is 0 Å². The summed E-state index contributed by atoms with van der Waals surface area (Å²) in [6.07, 6.45) is -2.71. The molecule has 2 aliphatic heterocycles. The van der Waals surface area contributed by atoms with Crippen LogP contribution in [0.4, 0.5) is 0 Å². The maximum absolute atomic E-state index is 6.49. The molecule has 4 unspecified atom stereocenters. The van der Waals surface area contributed by atoms with Gasteiger partial charge in [0.1, 0.15) is 24.4 Å². The van der Waals surface area contributed by atoms with Crippen molar-refractivity contribution < 1.29 is 28.4 Å². The second-order valence-corrected chi connectivity index (χ2v) is 8.48. The molecule has 0 bridgehead atoms. The van der Waals surface area contributed by atoms with E-state index < -0.39 is 24.8 Å². The van der Waals surface area contributed by atoms with Gasteiger partial charge >= 0.3 is 0 Å². The van der Waals surface area contributed by atoms with Gasteiger partial charge in [0.25, 0.3) is 0 Å². The lowest BCUT2D eigenvalue weighted by Gasteiger charge is -2.48. The molecular weight excluding hydrogens is 432 g/mol. The lowest BCUT2D eigenvalue weighted by molar-refractivity contribution is -0.369. The van der Waals surface area contributed by atoms with Gasteiger partial charge in [0, 0.05) is 12.7 Å². The van der Waals surface area contributed by atoms with Gasteiger partial charge in [-0.3, -0.25) is 0 Å². The summed E-state index contributed by atoms with van der Waals surface area (Å²) in [4.78, 5) is 0. The van der Waals surface area contributed by atoms with E-state index in [4.69, 9.17) is 28.4 Å². The molecule has 6 nitrogen and oxygen atoms in total. The van der Waals surface area contributed by atoms with Crippen molar-refractivity contribution in [1.29, 1.82) is 0 Å². The topological polar surface area (TPSA) is 55.4 Å². The van der Waals surface area contributed by atoms with E-state index in [1.807, 2.05) is 91.0 Å². The van der Waals surface area contributed by atoms with Crippen LogP contribution in [-0.4, -0.2) is 44.4 Å². The van der Waals surface area contributed by atoms with E-state index in [0.717, 1.165) is 16.7 Å². The lowest BCUT2D eigenvalue weighted by Crippen LogP contribution is -2.63. The zero-order chi connectivity index (χ0) is 23.2. The van der Waals surface area contributed by atoms with Crippen LogP contribution in [0.2, 0.25) is 0 Å². The molecular formula is C28H30O6. The Balaban J connectivity index is 1.39. The smallest absolute Gasteiger partial charge is 0.186 e. The van der Waals surface area contributed by atoms with Crippen molar-refractivity contribution >= 4 is 0 Å². The molecule has 0 radical (unpaired) electrons. The van der Waals surface area contributed by atoms with Gasteiger partial charge in [0.2, 0.25) is 0 Å². The molecule has 178 valence electrons. The minimum atomic E-state index is -0.605. The average molecular weight is 463 g/mol. The zero-order valence-corrected chi connectivity index (χ0v) is 19.2. The summed E-state index contributed by atoms with van der Waals surface area (Å²) in [7, 11) is 1.62. The SMILES string of the molecule is CO[C@H]1OC2COC(c3ccccc3)O[C@@H]2C(OCc2ccccc2)C1OCc1ccccc1. The molecule has 34 heavy (non-hydrogen) atoms. The van der Waals surface area contributed by atoms with Crippen LogP contribution in [0.5, 0.6) is 0 Å². The first-order valence-corrected chi connectivity index (χ1v) is 11.6. The van der Waals surface area contributed by atoms with Crippen molar-refractivity contribution in [2.45, 2.75) is 50.2 Å². The van der Waals surface area contributed by atoms with Gasteiger partial charge in [-0.1, -0.05) is 91.0 Å². The van der Waals surface area contributed by atoms with Crippen LogP contribution >= 0.6 is 0 Å². The first-order chi connectivity index (χ1) is 16.8. The molecule has 3 aromatic carbocycles. The van der Waals surface area contributed by atoms with Crippen molar-refractivity contribution in [3.8, 4) is 0 Å². The standard InChI is InChI=1S/C28H30O6/c1-29-28-26(31-18-21-13-7-3-8-14-21)25(30-17-20-11-5-2-6-12-20)24-23(33-28)19-32-27(34-24)22-15-9-4-10-16-22/h2-16,23-28H,17-19H2,1H3/t23?,24-,25?,26?,27?,28-/m0/s1. The van der Waals surface area contributed by atoms with Gasteiger partial charge in [-0.2, -0.15) is 0 Å². The van der Waals surface area contributed by atoms with Crippen LogP contribution in [0.3, 0.4) is 0 Å². The van der Waals surface area contributed by atoms with Gasteiger partial charge in [-0.05, 0) is 11.1 Å². The third-order valence-electron chi connectivity index (χ3n) is 6.16. The Morgan fingerprint density at radius 2 is 1.26 bits per heavy atom. The van der Waals surface area contributed by atoms with Crippen molar-refractivity contribution in [3.05, 3.63) is 108 Å². The van der Waals surface area contributed by atoms with Gasteiger partial charge in [-0.15, -0.1) is 0 Å². The molecule has 2 saturated heterocycles. The van der Waals surface area contributed by atoms with E-state index in [9.17, 15) is 0 Å². The fourth-order valence-electron chi connectivity index (χ4n) is 4.42. The summed E-state index contributed by atoms with van der Waals surface area (Å²) in [6.45, 7) is 1.22. The van der Waals surface area contributed by atoms with Gasteiger partial charge in [-0.25, -0.2) is 0 Å². The van der Waals surface area contributed by atoms with E-state index in [1.54, 1.807) is 7.11 Å². The van der Waals surface area contributed by atoms with E-state index in [2.05, 4.69) is 0 Å². The number of hydrogen-bond acceptors (Lipinski definition) is 6.